The maximum atomic E-state index is 11.6. The molecule has 1 aromatic rings. The molecule has 0 amide bonds. The van der Waals surface area contributed by atoms with Crippen molar-refractivity contribution in [1.29, 1.82) is 0 Å². The molecule has 98 valence electrons. The molecule has 2 rings (SSSR count). The predicted molar refractivity (Wildman–Crippen MR) is 63.0 cm³/mol. The van der Waals surface area contributed by atoms with Gasteiger partial charge in [0.1, 0.15) is 12.3 Å². The van der Waals surface area contributed by atoms with Gasteiger partial charge in [0.2, 0.25) is 0 Å². The topological polar surface area (TPSA) is 105 Å². The minimum Gasteiger partial charge on any atom is -0.394 e. The van der Waals surface area contributed by atoms with E-state index in [0.29, 0.717) is 0 Å². The molecule has 0 spiro atoms. The van der Waals surface area contributed by atoms with Crippen LogP contribution in [0.3, 0.4) is 0 Å². The van der Waals surface area contributed by atoms with E-state index in [9.17, 15) is 14.7 Å². The van der Waals surface area contributed by atoms with E-state index in [1.54, 1.807) is 0 Å². The van der Waals surface area contributed by atoms with Gasteiger partial charge < -0.3 is 14.9 Å². The van der Waals surface area contributed by atoms with Gasteiger partial charge in [-0.15, -0.1) is 0 Å². The predicted octanol–water partition coefficient (Wildman–Crippen LogP) is -1.18. The van der Waals surface area contributed by atoms with Crippen LogP contribution in [0.4, 0.5) is 0 Å². The number of aromatic nitrogens is 2. The van der Waals surface area contributed by atoms with Gasteiger partial charge in [-0.1, -0.05) is 12.7 Å². The number of nitrogens with zero attached hydrogens (tertiary/aromatic N) is 1. The van der Waals surface area contributed by atoms with Crippen molar-refractivity contribution in [2.75, 3.05) is 6.61 Å². The van der Waals surface area contributed by atoms with Gasteiger partial charge in [0.25, 0.3) is 5.56 Å². The number of rotatable bonds is 3. The van der Waals surface area contributed by atoms with Crippen LogP contribution in [-0.2, 0) is 4.74 Å². The molecule has 3 N–H and O–H groups in total. The molecule has 7 heteroatoms. The van der Waals surface area contributed by atoms with Crippen LogP contribution in [0.1, 0.15) is 18.2 Å². The summed E-state index contributed by atoms with van der Waals surface area (Å²) in [4.78, 5) is 25.1. The molecule has 7 nitrogen and oxygen atoms in total. The average Bonchev–Trinajstić information content (AvgIpc) is 2.70. The maximum absolute atomic E-state index is 11.6. The summed E-state index contributed by atoms with van der Waals surface area (Å²) in [6.07, 6.45) is 0.551. The highest BCUT2D eigenvalue weighted by Crippen LogP contribution is 2.27. The smallest absolute Gasteiger partial charge is 0.330 e. The first-order valence-electron chi connectivity index (χ1n) is 5.49. The molecule has 1 fully saturated rings. The average molecular weight is 254 g/mol. The standard InChI is InChI=1S/C11H14N2O5/c1-2-6-4-13(11(17)12-10(6)16)9-3-7(15)8(5-14)18-9/h2,4,7-9,14-15H,1,3,5H2,(H,12,16,17)/t7-,8?,9-/m1/s1. The van der Waals surface area contributed by atoms with Crippen molar-refractivity contribution in [1.82, 2.24) is 9.55 Å². The second-order valence-corrected chi connectivity index (χ2v) is 4.07. The molecule has 0 radical (unpaired) electrons. The molecule has 1 saturated heterocycles. The zero-order chi connectivity index (χ0) is 13.3. The van der Waals surface area contributed by atoms with Gasteiger partial charge in [0.05, 0.1) is 18.3 Å². The fourth-order valence-corrected chi connectivity index (χ4v) is 1.91. The Morgan fingerprint density at radius 2 is 2.33 bits per heavy atom. The Labute approximate surface area is 102 Å². The zero-order valence-electron chi connectivity index (χ0n) is 9.57. The number of hydrogen-bond acceptors (Lipinski definition) is 5. The molecule has 1 aliphatic heterocycles. The first-order chi connectivity index (χ1) is 8.56. The lowest BCUT2D eigenvalue weighted by atomic mass is 10.2. The molecule has 2 heterocycles. The summed E-state index contributed by atoms with van der Waals surface area (Å²) in [5.74, 6) is 0. The van der Waals surface area contributed by atoms with E-state index in [1.807, 2.05) is 0 Å². The van der Waals surface area contributed by atoms with E-state index in [-0.39, 0.29) is 18.6 Å². The molecule has 1 aliphatic rings. The maximum Gasteiger partial charge on any atom is 0.330 e. The van der Waals surface area contributed by atoms with Crippen LogP contribution in [-0.4, -0.2) is 38.6 Å². The molecule has 0 aliphatic carbocycles. The number of hydrogen-bond donors (Lipinski definition) is 3. The van der Waals surface area contributed by atoms with Crippen LogP contribution in [0.15, 0.2) is 22.4 Å². The number of H-pyrrole nitrogens is 1. The molecule has 0 bridgehead atoms. The van der Waals surface area contributed by atoms with Crippen molar-refractivity contribution < 1.29 is 14.9 Å². The minimum absolute atomic E-state index is 0.174. The van der Waals surface area contributed by atoms with Gasteiger partial charge in [-0.3, -0.25) is 14.3 Å². The van der Waals surface area contributed by atoms with Gasteiger partial charge in [0, 0.05) is 12.6 Å². The number of aromatic amines is 1. The summed E-state index contributed by atoms with van der Waals surface area (Å²) in [7, 11) is 0. The molecule has 0 saturated carbocycles. The Hall–Kier alpha value is -1.70. The Bertz CT molecular complexity index is 561. The second-order valence-electron chi connectivity index (χ2n) is 4.07. The lowest BCUT2D eigenvalue weighted by molar-refractivity contribution is -0.0459. The summed E-state index contributed by atoms with van der Waals surface area (Å²) in [6, 6.07) is 0. The van der Waals surface area contributed by atoms with E-state index >= 15 is 0 Å². The Morgan fingerprint density at radius 1 is 1.61 bits per heavy atom. The van der Waals surface area contributed by atoms with E-state index in [4.69, 9.17) is 9.84 Å². The van der Waals surface area contributed by atoms with Crippen molar-refractivity contribution in [3.8, 4) is 0 Å². The van der Waals surface area contributed by atoms with Crippen molar-refractivity contribution in [3.05, 3.63) is 39.2 Å². The van der Waals surface area contributed by atoms with Crippen LogP contribution >= 0.6 is 0 Å². The largest absolute Gasteiger partial charge is 0.394 e. The summed E-state index contributed by atoms with van der Waals surface area (Å²) in [6.45, 7) is 3.14. The Morgan fingerprint density at radius 3 is 2.89 bits per heavy atom. The van der Waals surface area contributed by atoms with Gasteiger partial charge >= 0.3 is 5.69 Å². The lowest BCUT2D eigenvalue weighted by Gasteiger charge is -2.14. The lowest BCUT2D eigenvalue weighted by Crippen LogP contribution is -2.33. The third-order valence-electron chi connectivity index (χ3n) is 2.91. The van der Waals surface area contributed by atoms with Gasteiger partial charge in [-0.25, -0.2) is 4.79 Å². The molecular weight excluding hydrogens is 240 g/mol. The van der Waals surface area contributed by atoms with Crippen LogP contribution in [0.2, 0.25) is 0 Å². The third kappa shape index (κ3) is 2.15. The molecule has 3 atom stereocenters. The van der Waals surface area contributed by atoms with E-state index < -0.39 is 29.7 Å². The van der Waals surface area contributed by atoms with Crippen LogP contribution in [0.25, 0.3) is 6.08 Å². The third-order valence-corrected chi connectivity index (χ3v) is 2.91. The monoisotopic (exact) mass is 254 g/mol. The molecule has 1 unspecified atom stereocenters. The summed E-state index contributed by atoms with van der Waals surface area (Å²) >= 11 is 0. The number of aliphatic hydroxyl groups is 2. The SMILES string of the molecule is C=Cc1cn([C@H]2C[C@@H](O)C(CO)O2)c(=O)[nH]c1=O. The Kier molecular flexibility index (Phi) is 3.46. The zero-order valence-corrected chi connectivity index (χ0v) is 9.57. The number of aliphatic hydroxyl groups excluding tert-OH is 2. The summed E-state index contributed by atoms with van der Waals surface area (Å²) in [5.41, 5.74) is -0.912. The first-order valence-corrected chi connectivity index (χ1v) is 5.49. The van der Waals surface area contributed by atoms with Gasteiger partial charge in [-0.2, -0.15) is 0 Å². The molecule has 1 aromatic heterocycles. The fraction of sp³-hybridized carbons (Fsp3) is 0.455. The van der Waals surface area contributed by atoms with Crippen LogP contribution in [0, 0.1) is 0 Å². The van der Waals surface area contributed by atoms with Gasteiger partial charge in [0.15, 0.2) is 0 Å². The quantitative estimate of drug-likeness (QED) is 0.630. The number of nitrogens with one attached hydrogen (secondary N) is 1. The fourth-order valence-electron chi connectivity index (χ4n) is 1.91. The normalized spacial score (nSPS) is 27.3. The first kappa shape index (κ1) is 12.7. The highest BCUT2D eigenvalue weighted by Gasteiger charge is 2.34. The van der Waals surface area contributed by atoms with Crippen molar-refractivity contribution >= 4 is 6.08 Å². The molecule has 0 aromatic carbocycles. The van der Waals surface area contributed by atoms with Gasteiger partial charge in [-0.05, 0) is 0 Å². The Balaban J connectivity index is 2.38. The van der Waals surface area contributed by atoms with Crippen molar-refractivity contribution in [3.63, 3.8) is 0 Å². The van der Waals surface area contributed by atoms with Crippen molar-refractivity contribution in [2.24, 2.45) is 0 Å². The van der Waals surface area contributed by atoms with E-state index in [0.717, 1.165) is 0 Å². The van der Waals surface area contributed by atoms with E-state index in [1.165, 1.54) is 16.8 Å². The minimum atomic E-state index is -0.842. The summed E-state index contributed by atoms with van der Waals surface area (Å²) in [5, 5.41) is 18.6. The van der Waals surface area contributed by atoms with E-state index in [2.05, 4.69) is 11.6 Å². The summed E-state index contributed by atoms with van der Waals surface area (Å²) < 4.78 is 6.51. The molecule has 18 heavy (non-hydrogen) atoms. The van der Waals surface area contributed by atoms with Crippen molar-refractivity contribution in [2.45, 2.75) is 24.9 Å². The highest BCUT2D eigenvalue weighted by atomic mass is 16.5. The highest BCUT2D eigenvalue weighted by molar-refractivity contribution is 5.43. The number of ether oxygens (including phenoxy) is 1. The van der Waals surface area contributed by atoms with Crippen LogP contribution < -0.4 is 11.2 Å². The van der Waals surface area contributed by atoms with Crippen LogP contribution in [0.5, 0.6) is 0 Å². The second kappa shape index (κ2) is 4.89. The molecular formula is C11H14N2O5.